The summed E-state index contributed by atoms with van der Waals surface area (Å²) in [6.45, 7) is 3.55. The Bertz CT molecular complexity index is 189. The van der Waals surface area contributed by atoms with Crippen molar-refractivity contribution >= 4 is 5.91 Å². The summed E-state index contributed by atoms with van der Waals surface area (Å²) in [5, 5.41) is 2.87. The summed E-state index contributed by atoms with van der Waals surface area (Å²) in [5.74, 6) is 0.0856. The van der Waals surface area contributed by atoms with Crippen LogP contribution in [0, 0.1) is 0 Å². The summed E-state index contributed by atoms with van der Waals surface area (Å²) >= 11 is 0. The van der Waals surface area contributed by atoms with E-state index < -0.39 is 0 Å². The van der Waals surface area contributed by atoms with Gasteiger partial charge in [0, 0.05) is 20.3 Å². The number of ether oxygens (including phenoxy) is 1. The van der Waals surface area contributed by atoms with Gasteiger partial charge < -0.3 is 15.8 Å². The van der Waals surface area contributed by atoms with Gasteiger partial charge in [0.05, 0.1) is 6.54 Å². The second-order valence-corrected chi connectivity index (χ2v) is 4.28. The Labute approximate surface area is 105 Å². The molecule has 0 spiro atoms. The first kappa shape index (κ1) is 16.4. The van der Waals surface area contributed by atoms with Gasteiger partial charge in [0.15, 0.2) is 0 Å². The van der Waals surface area contributed by atoms with Gasteiger partial charge in [0.2, 0.25) is 5.91 Å². The molecule has 0 saturated heterocycles. The van der Waals surface area contributed by atoms with Crippen molar-refractivity contribution in [2.45, 2.75) is 25.7 Å². The number of amides is 1. The van der Waals surface area contributed by atoms with Gasteiger partial charge in [-0.2, -0.15) is 0 Å². The molecule has 0 heterocycles. The van der Waals surface area contributed by atoms with E-state index in [-0.39, 0.29) is 5.91 Å². The highest BCUT2D eigenvalue weighted by atomic mass is 16.5. The molecule has 0 unspecified atom stereocenters. The lowest BCUT2D eigenvalue weighted by Gasteiger charge is -2.15. The number of carbonyl (C=O) groups is 1. The van der Waals surface area contributed by atoms with Gasteiger partial charge in [-0.3, -0.25) is 9.69 Å². The standard InChI is InChI=1S/C12H27N3O2/c1-15(9-5-3-4-7-13)11-12(16)14-8-6-10-17-2/h3-11,13H2,1-2H3,(H,14,16). The molecule has 0 fully saturated rings. The van der Waals surface area contributed by atoms with Crippen LogP contribution in [-0.2, 0) is 9.53 Å². The number of carbonyl (C=O) groups excluding carboxylic acids is 1. The van der Waals surface area contributed by atoms with E-state index in [1.54, 1.807) is 7.11 Å². The van der Waals surface area contributed by atoms with Crippen molar-refractivity contribution in [1.29, 1.82) is 0 Å². The molecule has 17 heavy (non-hydrogen) atoms. The number of methoxy groups -OCH3 is 1. The number of nitrogens with two attached hydrogens (primary N) is 1. The monoisotopic (exact) mass is 245 g/mol. The second-order valence-electron chi connectivity index (χ2n) is 4.28. The van der Waals surface area contributed by atoms with Gasteiger partial charge in [-0.1, -0.05) is 6.42 Å². The lowest BCUT2D eigenvalue weighted by molar-refractivity contribution is -0.122. The maximum atomic E-state index is 11.5. The van der Waals surface area contributed by atoms with E-state index in [2.05, 4.69) is 5.32 Å². The van der Waals surface area contributed by atoms with Crippen LogP contribution >= 0.6 is 0 Å². The van der Waals surface area contributed by atoms with Crippen LogP contribution < -0.4 is 11.1 Å². The molecule has 3 N–H and O–H groups in total. The third kappa shape index (κ3) is 11.6. The van der Waals surface area contributed by atoms with Crippen molar-refractivity contribution in [3.63, 3.8) is 0 Å². The third-order valence-electron chi connectivity index (χ3n) is 2.50. The molecule has 102 valence electrons. The smallest absolute Gasteiger partial charge is 0.234 e. The van der Waals surface area contributed by atoms with Crippen LogP contribution in [0.5, 0.6) is 0 Å². The molecule has 0 saturated carbocycles. The first-order valence-electron chi connectivity index (χ1n) is 6.35. The lowest BCUT2D eigenvalue weighted by Crippen LogP contribution is -2.36. The molecule has 0 radical (unpaired) electrons. The molecule has 0 bridgehead atoms. The van der Waals surface area contributed by atoms with E-state index in [0.29, 0.717) is 19.7 Å². The Hall–Kier alpha value is -0.650. The first-order chi connectivity index (χ1) is 8.20. The molecule has 0 aliphatic carbocycles. The van der Waals surface area contributed by atoms with E-state index in [0.717, 1.165) is 38.8 Å². The molecular weight excluding hydrogens is 218 g/mol. The van der Waals surface area contributed by atoms with Gasteiger partial charge in [-0.15, -0.1) is 0 Å². The van der Waals surface area contributed by atoms with Gasteiger partial charge in [0.1, 0.15) is 0 Å². The van der Waals surface area contributed by atoms with Crippen LogP contribution in [-0.4, -0.2) is 57.8 Å². The van der Waals surface area contributed by atoms with Crippen LogP contribution in [0.1, 0.15) is 25.7 Å². The Morgan fingerprint density at radius 2 is 2.06 bits per heavy atom. The summed E-state index contributed by atoms with van der Waals surface area (Å²) in [4.78, 5) is 13.5. The highest BCUT2D eigenvalue weighted by Crippen LogP contribution is 1.95. The van der Waals surface area contributed by atoms with E-state index in [1.165, 1.54) is 0 Å². The van der Waals surface area contributed by atoms with Gasteiger partial charge in [0.25, 0.3) is 0 Å². The van der Waals surface area contributed by atoms with Crippen LogP contribution in [0.2, 0.25) is 0 Å². The SMILES string of the molecule is COCCCNC(=O)CN(C)CCCCCN. The fraction of sp³-hybridized carbons (Fsp3) is 0.917. The largest absolute Gasteiger partial charge is 0.385 e. The number of likely N-dealkylation sites (N-methyl/N-ethyl adjacent to an activating group) is 1. The molecule has 0 aromatic rings. The van der Waals surface area contributed by atoms with Gasteiger partial charge in [-0.05, 0) is 39.4 Å². The normalized spacial score (nSPS) is 10.8. The highest BCUT2D eigenvalue weighted by Gasteiger charge is 2.05. The molecule has 0 atom stereocenters. The Morgan fingerprint density at radius 1 is 1.29 bits per heavy atom. The molecule has 0 rings (SSSR count). The molecule has 5 heteroatoms. The minimum Gasteiger partial charge on any atom is -0.385 e. The molecule has 5 nitrogen and oxygen atoms in total. The zero-order chi connectivity index (χ0) is 12.9. The van der Waals surface area contributed by atoms with E-state index in [9.17, 15) is 4.79 Å². The number of hydrogen-bond acceptors (Lipinski definition) is 4. The summed E-state index contributed by atoms with van der Waals surface area (Å²) in [6, 6.07) is 0. The number of hydrogen-bond donors (Lipinski definition) is 2. The first-order valence-corrected chi connectivity index (χ1v) is 6.35. The van der Waals surface area contributed by atoms with Crippen molar-refractivity contribution < 1.29 is 9.53 Å². The topological polar surface area (TPSA) is 67.6 Å². The van der Waals surface area contributed by atoms with Crippen LogP contribution in [0.4, 0.5) is 0 Å². The maximum Gasteiger partial charge on any atom is 0.234 e. The zero-order valence-electron chi connectivity index (χ0n) is 11.2. The predicted octanol–water partition coefficient (Wildman–Crippen LogP) is 0.200. The number of nitrogens with zero attached hydrogens (tertiary/aromatic N) is 1. The van der Waals surface area contributed by atoms with Crippen LogP contribution in [0.15, 0.2) is 0 Å². The van der Waals surface area contributed by atoms with Gasteiger partial charge in [-0.25, -0.2) is 0 Å². The van der Waals surface area contributed by atoms with Crippen LogP contribution in [0.3, 0.4) is 0 Å². The Kier molecular flexibility index (Phi) is 11.4. The van der Waals surface area contributed by atoms with Crippen molar-refractivity contribution in [3.8, 4) is 0 Å². The average molecular weight is 245 g/mol. The number of rotatable bonds is 11. The molecule has 0 aromatic carbocycles. The summed E-state index contributed by atoms with van der Waals surface area (Å²) in [5.41, 5.74) is 5.42. The zero-order valence-corrected chi connectivity index (χ0v) is 11.2. The fourth-order valence-electron chi connectivity index (χ4n) is 1.53. The summed E-state index contributed by atoms with van der Waals surface area (Å²) in [6.07, 6.45) is 4.17. The second kappa shape index (κ2) is 11.8. The fourth-order valence-corrected chi connectivity index (χ4v) is 1.53. The van der Waals surface area contributed by atoms with Gasteiger partial charge >= 0.3 is 0 Å². The minimum atomic E-state index is 0.0856. The van der Waals surface area contributed by atoms with E-state index in [1.807, 2.05) is 11.9 Å². The Balaban J connectivity index is 3.38. The molecule has 0 aliphatic heterocycles. The van der Waals surface area contributed by atoms with E-state index in [4.69, 9.17) is 10.5 Å². The van der Waals surface area contributed by atoms with Crippen molar-refractivity contribution in [3.05, 3.63) is 0 Å². The molecule has 1 amide bonds. The maximum absolute atomic E-state index is 11.5. The minimum absolute atomic E-state index is 0.0856. The van der Waals surface area contributed by atoms with Crippen molar-refractivity contribution in [1.82, 2.24) is 10.2 Å². The quantitative estimate of drug-likeness (QED) is 0.510. The average Bonchev–Trinajstić information content (AvgIpc) is 2.30. The molecular formula is C12H27N3O2. The predicted molar refractivity (Wildman–Crippen MR) is 69.9 cm³/mol. The van der Waals surface area contributed by atoms with E-state index >= 15 is 0 Å². The molecule has 0 aliphatic rings. The number of nitrogens with one attached hydrogen (secondary N) is 1. The number of unbranched alkanes of at least 4 members (excludes halogenated alkanes) is 2. The molecule has 0 aromatic heterocycles. The van der Waals surface area contributed by atoms with Crippen LogP contribution in [0.25, 0.3) is 0 Å². The van der Waals surface area contributed by atoms with Crippen molar-refractivity contribution in [2.75, 3.05) is 46.9 Å². The third-order valence-corrected chi connectivity index (χ3v) is 2.50. The Morgan fingerprint density at radius 3 is 2.71 bits per heavy atom. The van der Waals surface area contributed by atoms with Crippen molar-refractivity contribution in [2.24, 2.45) is 5.73 Å². The summed E-state index contributed by atoms with van der Waals surface area (Å²) < 4.78 is 4.91. The highest BCUT2D eigenvalue weighted by molar-refractivity contribution is 5.77. The summed E-state index contributed by atoms with van der Waals surface area (Å²) in [7, 11) is 3.63. The lowest BCUT2D eigenvalue weighted by atomic mass is 10.2.